The second kappa shape index (κ2) is 5.06. The topological polar surface area (TPSA) is 79.4 Å². The van der Waals surface area contributed by atoms with E-state index in [4.69, 9.17) is 5.11 Å². The molecule has 112 valence electrons. The number of carboxylic acid groups (broad SMARTS) is 1. The highest BCUT2D eigenvalue weighted by Gasteiger charge is 2.42. The predicted octanol–water partition coefficient (Wildman–Crippen LogP) is 1.92. The first kappa shape index (κ1) is 15.9. The maximum Gasteiger partial charge on any atom is 0.574 e. The molecule has 1 heterocycles. The molecule has 0 spiro atoms. The van der Waals surface area contributed by atoms with E-state index in [1.54, 1.807) is 0 Å². The lowest BCUT2D eigenvalue weighted by Crippen LogP contribution is -2.28. The first-order valence-electron chi connectivity index (χ1n) is 4.71. The van der Waals surface area contributed by atoms with Crippen molar-refractivity contribution in [3.05, 3.63) is 27.5 Å². The van der Waals surface area contributed by atoms with Gasteiger partial charge in [-0.05, 0) is 0 Å². The minimum atomic E-state index is -5.45. The minimum Gasteiger partial charge on any atom is -0.481 e. The van der Waals surface area contributed by atoms with Crippen molar-refractivity contribution in [1.82, 2.24) is 4.98 Å². The molecule has 2 N–H and O–H groups in total. The molecule has 0 radical (unpaired) electrons. The number of ether oxygens (including phenoxy) is 1. The highest BCUT2D eigenvalue weighted by molar-refractivity contribution is 5.70. The van der Waals surface area contributed by atoms with E-state index in [0.29, 0.717) is 6.20 Å². The molecule has 0 aliphatic carbocycles. The fraction of sp³-hybridized carbons (Fsp3) is 0.333. The third-order valence-electron chi connectivity index (χ3n) is 1.97. The average molecular weight is 305 g/mol. The summed E-state index contributed by atoms with van der Waals surface area (Å²) >= 11 is 0. The van der Waals surface area contributed by atoms with Gasteiger partial charge >= 0.3 is 18.5 Å². The molecule has 0 saturated heterocycles. The van der Waals surface area contributed by atoms with Gasteiger partial charge in [0.05, 0.1) is 6.42 Å². The number of aromatic amines is 1. The van der Waals surface area contributed by atoms with Gasteiger partial charge in [0.15, 0.2) is 5.56 Å². The van der Waals surface area contributed by atoms with E-state index < -0.39 is 47.4 Å². The Kier molecular flexibility index (Phi) is 4.01. The zero-order valence-electron chi connectivity index (χ0n) is 9.22. The third kappa shape index (κ3) is 3.90. The summed E-state index contributed by atoms with van der Waals surface area (Å²) in [4.78, 5) is 23.2. The number of carbonyl (C=O) groups is 1. The van der Waals surface area contributed by atoms with Crippen LogP contribution < -0.4 is 10.2 Å². The molecule has 1 rings (SSSR count). The van der Waals surface area contributed by atoms with Crippen LogP contribution in [0.1, 0.15) is 11.1 Å². The van der Waals surface area contributed by atoms with E-state index in [0.717, 1.165) is 0 Å². The van der Waals surface area contributed by atoms with Gasteiger partial charge in [-0.3, -0.25) is 9.59 Å². The van der Waals surface area contributed by atoms with Gasteiger partial charge in [0.1, 0.15) is 0 Å². The quantitative estimate of drug-likeness (QED) is 0.836. The van der Waals surface area contributed by atoms with Gasteiger partial charge < -0.3 is 14.8 Å². The van der Waals surface area contributed by atoms with Crippen molar-refractivity contribution in [1.29, 1.82) is 0 Å². The molecular formula is C9H5F6NO4. The lowest BCUT2D eigenvalue weighted by molar-refractivity contribution is -0.278. The van der Waals surface area contributed by atoms with Crippen molar-refractivity contribution in [3.63, 3.8) is 0 Å². The number of carboxylic acids is 1. The number of hydrogen-bond acceptors (Lipinski definition) is 3. The summed E-state index contributed by atoms with van der Waals surface area (Å²) in [6.45, 7) is 0. The number of rotatable bonds is 3. The fourth-order valence-electron chi connectivity index (χ4n) is 1.30. The molecule has 0 aromatic carbocycles. The van der Waals surface area contributed by atoms with Crippen molar-refractivity contribution in [3.8, 4) is 5.88 Å². The minimum absolute atomic E-state index is 0.423. The fourth-order valence-corrected chi connectivity index (χ4v) is 1.30. The molecule has 0 aliphatic rings. The van der Waals surface area contributed by atoms with Crippen LogP contribution in [0.3, 0.4) is 0 Å². The molecule has 0 atom stereocenters. The Labute approximate surface area is 105 Å². The zero-order valence-corrected chi connectivity index (χ0v) is 9.22. The summed E-state index contributed by atoms with van der Waals surface area (Å²) in [5.74, 6) is -3.46. The number of aromatic nitrogens is 1. The van der Waals surface area contributed by atoms with E-state index in [9.17, 15) is 35.9 Å². The molecule has 0 saturated carbocycles. The van der Waals surface area contributed by atoms with Gasteiger partial charge in [-0.1, -0.05) is 0 Å². The van der Waals surface area contributed by atoms with Crippen LogP contribution in [0.25, 0.3) is 0 Å². The first-order chi connectivity index (χ1) is 8.92. The zero-order chi connectivity index (χ0) is 15.7. The maximum absolute atomic E-state index is 12.6. The summed E-state index contributed by atoms with van der Waals surface area (Å²) in [6.07, 6.45) is -11.5. The predicted molar refractivity (Wildman–Crippen MR) is 50.1 cm³/mol. The summed E-state index contributed by atoms with van der Waals surface area (Å²) in [7, 11) is 0. The number of nitrogens with one attached hydrogen (secondary N) is 1. The smallest absolute Gasteiger partial charge is 0.481 e. The van der Waals surface area contributed by atoms with E-state index >= 15 is 0 Å². The number of halogens is 6. The first-order valence-corrected chi connectivity index (χ1v) is 4.71. The number of aliphatic carboxylic acids is 1. The Bertz CT molecular complexity index is 573. The van der Waals surface area contributed by atoms with Crippen LogP contribution in [-0.4, -0.2) is 22.4 Å². The number of hydrogen-bond donors (Lipinski definition) is 2. The van der Waals surface area contributed by atoms with E-state index in [2.05, 4.69) is 4.74 Å². The van der Waals surface area contributed by atoms with Crippen LogP contribution >= 0.6 is 0 Å². The second-order valence-corrected chi connectivity index (χ2v) is 3.46. The van der Waals surface area contributed by atoms with Crippen molar-refractivity contribution in [2.24, 2.45) is 0 Å². The molecule has 0 aliphatic heterocycles. The van der Waals surface area contributed by atoms with Gasteiger partial charge in [-0.15, -0.1) is 13.2 Å². The molecule has 0 amide bonds. The Morgan fingerprint density at radius 1 is 1.25 bits per heavy atom. The Morgan fingerprint density at radius 3 is 2.20 bits per heavy atom. The molecule has 5 nitrogen and oxygen atoms in total. The molecule has 1 aromatic rings. The maximum atomic E-state index is 12.6. The molecular weight excluding hydrogens is 300 g/mol. The lowest BCUT2D eigenvalue weighted by Gasteiger charge is -2.15. The standard InChI is InChI=1S/C9H5F6NO4/c10-8(11,12)5-6(19)3(1-4(17)18)2-16-7(5)20-9(13,14)15/h2H,1H2,(H,16,19)(H,17,18). The molecule has 0 fully saturated rings. The highest BCUT2D eigenvalue weighted by atomic mass is 19.4. The molecule has 0 unspecified atom stereocenters. The largest absolute Gasteiger partial charge is 0.574 e. The van der Waals surface area contributed by atoms with Crippen molar-refractivity contribution < 1.29 is 41.0 Å². The monoisotopic (exact) mass is 305 g/mol. The van der Waals surface area contributed by atoms with Gasteiger partial charge in [0.25, 0.3) is 0 Å². The summed E-state index contributed by atoms with van der Waals surface area (Å²) in [5.41, 5.74) is -4.98. The SMILES string of the molecule is O=C(O)Cc1c[nH]c(OC(F)(F)F)c(C(F)(F)F)c1=O. The van der Waals surface area contributed by atoms with Gasteiger partial charge in [-0.25, -0.2) is 0 Å². The van der Waals surface area contributed by atoms with Crippen LogP contribution in [0.15, 0.2) is 11.0 Å². The normalized spacial score (nSPS) is 12.3. The molecule has 0 bridgehead atoms. The van der Waals surface area contributed by atoms with E-state index in [1.807, 2.05) is 0 Å². The number of H-pyrrole nitrogens is 1. The summed E-state index contributed by atoms with van der Waals surface area (Å²) in [6, 6.07) is 0. The second-order valence-electron chi connectivity index (χ2n) is 3.46. The van der Waals surface area contributed by atoms with E-state index in [1.165, 1.54) is 4.98 Å². The van der Waals surface area contributed by atoms with Gasteiger partial charge in [0, 0.05) is 11.8 Å². The molecule has 11 heteroatoms. The van der Waals surface area contributed by atoms with E-state index in [-0.39, 0.29) is 0 Å². The Hall–Kier alpha value is -2.20. The highest BCUT2D eigenvalue weighted by Crippen LogP contribution is 2.34. The number of alkyl halides is 6. The Balaban J connectivity index is 3.45. The molecule has 20 heavy (non-hydrogen) atoms. The van der Waals surface area contributed by atoms with Gasteiger partial charge in [-0.2, -0.15) is 13.2 Å². The van der Waals surface area contributed by atoms with Crippen LogP contribution in [0, 0.1) is 0 Å². The third-order valence-corrected chi connectivity index (χ3v) is 1.97. The van der Waals surface area contributed by atoms with Crippen molar-refractivity contribution in [2.45, 2.75) is 19.0 Å². The van der Waals surface area contributed by atoms with Gasteiger partial charge in [0.2, 0.25) is 11.3 Å². The average Bonchev–Trinajstić information content (AvgIpc) is 2.17. The lowest BCUT2D eigenvalue weighted by atomic mass is 10.1. The van der Waals surface area contributed by atoms with Crippen LogP contribution in [0.4, 0.5) is 26.3 Å². The Morgan fingerprint density at radius 2 is 1.80 bits per heavy atom. The van der Waals surface area contributed by atoms with Crippen LogP contribution in [-0.2, 0) is 17.4 Å². The van der Waals surface area contributed by atoms with Crippen molar-refractivity contribution in [2.75, 3.05) is 0 Å². The van der Waals surface area contributed by atoms with Crippen LogP contribution in [0.5, 0.6) is 5.88 Å². The summed E-state index contributed by atoms with van der Waals surface area (Å²) < 4.78 is 76.7. The van der Waals surface area contributed by atoms with Crippen LogP contribution in [0.2, 0.25) is 0 Å². The van der Waals surface area contributed by atoms with Crippen molar-refractivity contribution >= 4 is 5.97 Å². The number of pyridine rings is 1. The summed E-state index contributed by atoms with van der Waals surface area (Å²) in [5, 5.41) is 8.40. The molecule has 1 aromatic heterocycles.